The number of hydrogen-bond donors (Lipinski definition) is 0. The van der Waals surface area contributed by atoms with Gasteiger partial charge in [0.15, 0.2) is 0 Å². The fourth-order valence-electron chi connectivity index (χ4n) is 7.63. The molecule has 6 unspecified atom stereocenters. The number of rotatable bonds is 2. The van der Waals surface area contributed by atoms with Gasteiger partial charge in [-0.3, -0.25) is 9.59 Å². The summed E-state index contributed by atoms with van der Waals surface area (Å²) >= 11 is 0. The summed E-state index contributed by atoms with van der Waals surface area (Å²) in [6, 6.07) is 0. The predicted octanol–water partition coefficient (Wildman–Crippen LogP) is 4.98. The number of ether oxygens (including phenoxy) is 1. The van der Waals surface area contributed by atoms with Crippen molar-refractivity contribution in [2.24, 2.45) is 45.3 Å². The van der Waals surface area contributed by atoms with Gasteiger partial charge in [0.05, 0.1) is 10.8 Å². The van der Waals surface area contributed by atoms with Crippen LogP contribution in [-0.2, 0) is 14.3 Å². The highest BCUT2D eigenvalue weighted by molar-refractivity contribution is 5.94. The van der Waals surface area contributed by atoms with Crippen molar-refractivity contribution in [2.75, 3.05) is 0 Å². The zero-order valence-corrected chi connectivity index (χ0v) is 16.8. The van der Waals surface area contributed by atoms with Gasteiger partial charge < -0.3 is 4.74 Å². The molecule has 0 heterocycles. The molecule has 140 valence electrons. The Bertz CT molecular complexity index is 579. The van der Waals surface area contributed by atoms with Gasteiger partial charge in [0.25, 0.3) is 0 Å². The predicted molar refractivity (Wildman–Crippen MR) is 96.5 cm³/mol. The Balaban J connectivity index is 1.59. The van der Waals surface area contributed by atoms with Crippen LogP contribution in [0.2, 0.25) is 0 Å². The average Bonchev–Trinajstić information content (AvgIpc) is 2.53. The first-order chi connectivity index (χ1) is 11.5. The van der Waals surface area contributed by atoms with Gasteiger partial charge in [-0.2, -0.15) is 0 Å². The third-order valence-electron chi connectivity index (χ3n) is 9.97. The van der Waals surface area contributed by atoms with Crippen LogP contribution < -0.4 is 0 Å². The van der Waals surface area contributed by atoms with Crippen LogP contribution in [0.3, 0.4) is 0 Å². The molecule has 6 saturated carbocycles. The van der Waals surface area contributed by atoms with E-state index in [0.717, 1.165) is 25.7 Å². The van der Waals surface area contributed by atoms with Gasteiger partial charge in [-0.15, -0.1) is 0 Å². The molecule has 0 radical (unpaired) electrons. The number of fused-ring (bicyclic) bond motifs is 4. The highest BCUT2D eigenvalue weighted by atomic mass is 16.6. The van der Waals surface area contributed by atoms with Gasteiger partial charge in [0.2, 0.25) is 0 Å². The van der Waals surface area contributed by atoms with E-state index in [-0.39, 0.29) is 22.8 Å². The number of carbonyl (C=O) groups is 2. The SMILES string of the molecule is CC1CCC2CC1(C(=O)OC(=O)C13CC(CCC1C)C3(C)C)C2(C)C. The average molecular weight is 347 g/mol. The first kappa shape index (κ1) is 17.5. The normalized spacial score (nSPS) is 48.7. The van der Waals surface area contributed by atoms with E-state index in [0.29, 0.717) is 23.7 Å². The lowest BCUT2D eigenvalue weighted by atomic mass is 9.36. The quantitative estimate of drug-likeness (QED) is 0.523. The van der Waals surface area contributed by atoms with Crippen LogP contribution in [0.15, 0.2) is 0 Å². The lowest BCUT2D eigenvalue weighted by Crippen LogP contribution is -2.68. The Morgan fingerprint density at radius 3 is 1.36 bits per heavy atom. The molecular weight excluding hydrogens is 312 g/mol. The van der Waals surface area contributed by atoms with E-state index in [9.17, 15) is 9.59 Å². The number of esters is 2. The van der Waals surface area contributed by atoms with E-state index in [2.05, 4.69) is 41.5 Å². The van der Waals surface area contributed by atoms with Gasteiger partial charge in [0.1, 0.15) is 0 Å². The van der Waals surface area contributed by atoms with Crippen molar-refractivity contribution in [3.8, 4) is 0 Å². The van der Waals surface area contributed by atoms with E-state index >= 15 is 0 Å². The van der Waals surface area contributed by atoms with Crippen molar-refractivity contribution in [1.29, 1.82) is 0 Å². The zero-order chi connectivity index (χ0) is 18.4. The van der Waals surface area contributed by atoms with Crippen molar-refractivity contribution in [2.45, 2.75) is 80.1 Å². The van der Waals surface area contributed by atoms with Crippen molar-refractivity contribution in [3.63, 3.8) is 0 Å². The lowest BCUT2D eigenvalue weighted by Gasteiger charge is -2.68. The standard InChI is InChI=1S/C22H34O3/c1-13-7-9-15-11-21(13,19(15,3)4)17(23)25-18(24)22-12-16(20(22,5)6)10-8-14(22)2/h13-16H,7-12H2,1-6H3. The molecule has 0 aromatic carbocycles. The summed E-state index contributed by atoms with van der Waals surface area (Å²) in [7, 11) is 0. The van der Waals surface area contributed by atoms with Crippen molar-refractivity contribution < 1.29 is 14.3 Å². The fourth-order valence-corrected chi connectivity index (χ4v) is 7.63. The summed E-state index contributed by atoms with van der Waals surface area (Å²) < 4.78 is 5.75. The molecular formula is C22H34O3. The molecule has 0 amide bonds. The summed E-state index contributed by atoms with van der Waals surface area (Å²) in [6.07, 6.45) is 6.36. The molecule has 3 heteroatoms. The summed E-state index contributed by atoms with van der Waals surface area (Å²) in [6.45, 7) is 13.2. The molecule has 25 heavy (non-hydrogen) atoms. The smallest absolute Gasteiger partial charge is 0.320 e. The Morgan fingerprint density at radius 2 is 1.08 bits per heavy atom. The molecule has 6 aliphatic rings. The summed E-state index contributed by atoms with van der Waals surface area (Å²) in [4.78, 5) is 26.5. The number of hydrogen-bond acceptors (Lipinski definition) is 3. The Hall–Kier alpha value is -0.860. The van der Waals surface area contributed by atoms with Crippen LogP contribution in [-0.4, -0.2) is 11.9 Å². The summed E-state index contributed by atoms with van der Waals surface area (Å²) in [5.74, 6) is 1.35. The summed E-state index contributed by atoms with van der Waals surface area (Å²) in [5.41, 5.74) is -0.994. The van der Waals surface area contributed by atoms with Crippen LogP contribution >= 0.6 is 0 Å². The molecule has 0 aliphatic heterocycles. The van der Waals surface area contributed by atoms with Crippen LogP contribution in [0.1, 0.15) is 80.1 Å². The van der Waals surface area contributed by atoms with Gasteiger partial charge >= 0.3 is 11.9 Å². The van der Waals surface area contributed by atoms with Gasteiger partial charge in [-0.05, 0) is 73.0 Å². The van der Waals surface area contributed by atoms with Crippen LogP contribution in [0, 0.1) is 45.3 Å². The molecule has 0 N–H and O–H groups in total. The maximum atomic E-state index is 13.3. The van der Waals surface area contributed by atoms with E-state index in [1.54, 1.807) is 0 Å². The first-order valence-electron chi connectivity index (χ1n) is 10.3. The van der Waals surface area contributed by atoms with Crippen molar-refractivity contribution in [3.05, 3.63) is 0 Å². The lowest BCUT2D eigenvalue weighted by molar-refractivity contribution is -0.240. The number of carbonyl (C=O) groups excluding carboxylic acids is 2. The molecule has 0 saturated heterocycles. The largest absolute Gasteiger partial charge is 0.392 e. The van der Waals surface area contributed by atoms with Crippen molar-refractivity contribution >= 4 is 11.9 Å². The third kappa shape index (κ3) is 1.74. The third-order valence-corrected chi connectivity index (χ3v) is 9.97. The van der Waals surface area contributed by atoms with Crippen LogP contribution in [0.5, 0.6) is 0 Å². The second-order valence-corrected chi connectivity index (χ2v) is 10.8. The topological polar surface area (TPSA) is 43.4 Å². The van der Waals surface area contributed by atoms with E-state index in [1.165, 1.54) is 12.8 Å². The molecule has 4 bridgehead atoms. The second kappa shape index (κ2) is 4.89. The van der Waals surface area contributed by atoms with Gasteiger partial charge in [-0.25, -0.2) is 0 Å². The minimum Gasteiger partial charge on any atom is -0.392 e. The van der Waals surface area contributed by atoms with Crippen LogP contribution in [0.4, 0.5) is 0 Å². The fraction of sp³-hybridized carbons (Fsp3) is 0.909. The minimum atomic E-state index is -0.451. The highest BCUT2D eigenvalue weighted by Crippen LogP contribution is 2.72. The highest BCUT2D eigenvalue weighted by Gasteiger charge is 2.72. The Morgan fingerprint density at radius 1 is 0.720 bits per heavy atom. The molecule has 6 aliphatic carbocycles. The first-order valence-corrected chi connectivity index (χ1v) is 10.3. The minimum absolute atomic E-state index is 0.0461. The van der Waals surface area contributed by atoms with Crippen molar-refractivity contribution in [1.82, 2.24) is 0 Å². The molecule has 6 fully saturated rings. The molecule has 0 aromatic rings. The molecule has 3 nitrogen and oxygen atoms in total. The summed E-state index contributed by atoms with van der Waals surface area (Å²) in [5, 5.41) is 0. The van der Waals surface area contributed by atoms with Crippen LogP contribution in [0.25, 0.3) is 0 Å². The Labute approximate surface area is 152 Å². The monoisotopic (exact) mass is 346 g/mol. The van der Waals surface area contributed by atoms with Gasteiger partial charge in [0, 0.05) is 0 Å². The van der Waals surface area contributed by atoms with E-state index in [4.69, 9.17) is 4.74 Å². The molecule has 6 atom stereocenters. The van der Waals surface area contributed by atoms with Gasteiger partial charge in [-0.1, -0.05) is 41.5 Å². The zero-order valence-electron chi connectivity index (χ0n) is 16.8. The Kier molecular flexibility index (Phi) is 3.44. The maximum Gasteiger partial charge on any atom is 0.320 e. The molecule has 0 spiro atoms. The van der Waals surface area contributed by atoms with E-state index < -0.39 is 10.8 Å². The van der Waals surface area contributed by atoms with E-state index in [1.807, 2.05) is 0 Å². The maximum absolute atomic E-state index is 13.3. The molecule has 6 rings (SSSR count). The molecule has 0 aromatic heterocycles. The second-order valence-electron chi connectivity index (χ2n) is 10.8.